The van der Waals surface area contributed by atoms with E-state index < -0.39 is 24.0 Å². The number of nitrogens with one attached hydrogen (secondary N) is 2. The minimum atomic E-state index is -1.29. The molecular formula is C10H17ClN4O4. The molecule has 0 aliphatic carbocycles. The molecule has 0 aliphatic rings. The first-order valence-electron chi connectivity index (χ1n) is 5.43. The third-order valence-electron chi connectivity index (χ3n) is 2.34. The molecular weight excluding hydrogens is 276 g/mol. The van der Waals surface area contributed by atoms with E-state index in [-0.39, 0.29) is 31.8 Å². The summed E-state index contributed by atoms with van der Waals surface area (Å²) in [6.45, 7) is 0.146. The van der Waals surface area contributed by atoms with Crippen molar-refractivity contribution in [3.8, 4) is 0 Å². The zero-order valence-electron chi connectivity index (χ0n) is 10.1. The van der Waals surface area contributed by atoms with Crippen LogP contribution in [0.4, 0.5) is 0 Å². The van der Waals surface area contributed by atoms with Gasteiger partial charge in [-0.15, -0.1) is 12.4 Å². The van der Waals surface area contributed by atoms with Crippen molar-refractivity contribution in [1.29, 1.82) is 0 Å². The smallest absolute Gasteiger partial charge is 0.326 e. The second-order valence-corrected chi connectivity index (χ2v) is 3.77. The SMILES string of the molecule is Cl.NCCC(O)C(=O)NC(Cc1cnc[nH]1)C(=O)O. The largest absolute Gasteiger partial charge is 0.480 e. The number of hydrogen-bond donors (Lipinski definition) is 5. The highest BCUT2D eigenvalue weighted by molar-refractivity contribution is 5.86. The molecule has 0 radical (unpaired) electrons. The summed E-state index contributed by atoms with van der Waals surface area (Å²) in [5.74, 6) is -1.93. The second-order valence-electron chi connectivity index (χ2n) is 3.77. The maximum Gasteiger partial charge on any atom is 0.326 e. The van der Waals surface area contributed by atoms with Crippen LogP contribution in [-0.4, -0.2) is 50.7 Å². The van der Waals surface area contributed by atoms with E-state index in [2.05, 4.69) is 15.3 Å². The number of aliphatic hydroxyl groups excluding tert-OH is 1. The fourth-order valence-electron chi connectivity index (χ4n) is 1.37. The van der Waals surface area contributed by atoms with Gasteiger partial charge in [0.25, 0.3) is 0 Å². The molecule has 1 heterocycles. The standard InChI is InChI=1S/C10H16N4O4.ClH/c11-2-1-8(15)9(16)14-7(10(17)18)3-6-4-12-5-13-6;/h4-5,7-8,15H,1-3,11H2,(H,12,13)(H,14,16)(H,17,18);1H. The van der Waals surface area contributed by atoms with Crippen LogP contribution in [0.25, 0.3) is 0 Å². The predicted octanol–water partition coefficient (Wildman–Crippen LogP) is -1.35. The number of imidazole rings is 1. The molecule has 2 atom stereocenters. The van der Waals surface area contributed by atoms with Gasteiger partial charge in [0.05, 0.1) is 6.33 Å². The van der Waals surface area contributed by atoms with Crippen LogP contribution >= 0.6 is 12.4 Å². The Morgan fingerprint density at radius 1 is 1.53 bits per heavy atom. The van der Waals surface area contributed by atoms with Crippen LogP contribution in [0.1, 0.15) is 12.1 Å². The van der Waals surface area contributed by atoms with Gasteiger partial charge in [0, 0.05) is 18.3 Å². The van der Waals surface area contributed by atoms with Crippen molar-refractivity contribution in [3.63, 3.8) is 0 Å². The second kappa shape index (κ2) is 8.46. The number of rotatable bonds is 7. The molecule has 8 nitrogen and oxygen atoms in total. The lowest BCUT2D eigenvalue weighted by atomic mass is 10.1. The van der Waals surface area contributed by atoms with Crippen molar-refractivity contribution in [2.45, 2.75) is 25.0 Å². The van der Waals surface area contributed by atoms with Crippen molar-refractivity contribution in [2.75, 3.05) is 6.54 Å². The average molecular weight is 293 g/mol. The van der Waals surface area contributed by atoms with Crippen LogP contribution in [-0.2, 0) is 16.0 Å². The predicted molar refractivity (Wildman–Crippen MR) is 68.8 cm³/mol. The van der Waals surface area contributed by atoms with Gasteiger partial charge in [-0.25, -0.2) is 9.78 Å². The Morgan fingerprint density at radius 2 is 2.21 bits per heavy atom. The van der Waals surface area contributed by atoms with Gasteiger partial charge >= 0.3 is 5.97 Å². The first-order chi connectivity index (χ1) is 8.54. The minimum absolute atomic E-state index is 0. The van der Waals surface area contributed by atoms with Gasteiger partial charge in [-0.2, -0.15) is 0 Å². The highest BCUT2D eigenvalue weighted by atomic mass is 35.5. The Balaban J connectivity index is 0.00000324. The Hall–Kier alpha value is -1.64. The number of aromatic nitrogens is 2. The van der Waals surface area contributed by atoms with Gasteiger partial charge in [0.15, 0.2) is 0 Å². The van der Waals surface area contributed by atoms with E-state index in [1.165, 1.54) is 12.5 Å². The molecule has 108 valence electrons. The highest BCUT2D eigenvalue weighted by Gasteiger charge is 2.24. The molecule has 0 spiro atoms. The number of carbonyl (C=O) groups excluding carboxylic acids is 1. The summed E-state index contributed by atoms with van der Waals surface area (Å²) < 4.78 is 0. The number of aliphatic hydroxyl groups is 1. The number of aromatic amines is 1. The van der Waals surface area contributed by atoms with Gasteiger partial charge < -0.3 is 26.2 Å². The molecule has 1 amide bonds. The summed E-state index contributed by atoms with van der Waals surface area (Å²) in [6.07, 6.45) is 1.75. The number of halogens is 1. The van der Waals surface area contributed by atoms with Crippen LogP contribution < -0.4 is 11.1 Å². The highest BCUT2D eigenvalue weighted by Crippen LogP contribution is 2.00. The third-order valence-corrected chi connectivity index (χ3v) is 2.34. The van der Waals surface area contributed by atoms with E-state index >= 15 is 0 Å². The summed E-state index contributed by atoms with van der Waals surface area (Å²) in [4.78, 5) is 28.9. The van der Waals surface area contributed by atoms with E-state index in [1.54, 1.807) is 0 Å². The lowest BCUT2D eigenvalue weighted by molar-refractivity contribution is -0.143. The molecule has 1 rings (SSSR count). The quantitative estimate of drug-likeness (QED) is 0.421. The molecule has 1 aromatic heterocycles. The normalized spacial score (nSPS) is 13.2. The van der Waals surface area contributed by atoms with Crippen LogP contribution in [0, 0.1) is 0 Å². The molecule has 0 aliphatic heterocycles. The molecule has 0 aromatic carbocycles. The summed E-state index contributed by atoms with van der Waals surface area (Å²) in [5, 5.41) is 20.6. The first kappa shape index (κ1) is 17.4. The number of carboxylic acids is 1. The summed E-state index contributed by atoms with van der Waals surface area (Å²) >= 11 is 0. The average Bonchev–Trinajstić information content (AvgIpc) is 2.81. The number of hydrogen-bond acceptors (Lipinski definition) is 5. The van der Waals surface area contributed by atoms with Crippen molar-refractivity contribution in [1.82, 2.24) is 15.3 Å². The lowest BCUT2D eigenvalue weighted by Gasteiger charge is -2.16. The third kappa shape index (κ3) is 5.69. The van der Waals surface area contributed by atoms with Crippen LogP contribution in [0.15, 0.2) is 12.5 Å². The van der Waals surface area contributed by atoms with Crippen molar-refractivity contribution < 1.29 is 19.8 Å². The van der Waals surface area contributed by atoms with Crippen molar-refractivity contribution in [3.05, 3.63) is 18.2 Å². The number of aliphatic carboxylic acids is 1. The zero-order chi connectivity index (χ0) is 13.5. The summed E-state index contributed by atoms with van der Waals surface area (Å²) in [6, 6.07) is -1.12. The maximum atomic E-state index is 11.5. The molecule has 0 saturated heterocycles. The van der Waals surface area contributed by atoms with E-state index in [0.29, 0.717) is 5.69 Å². The van der Waals surface area contributed by atoms with Gasteiger partial charge in [0.1, 0.15) is 12.1 Å². The Labute approximate surface area is 115 Å². The van der Waals surface area contributed by atoms with Crippen LogP contribution in [0.3, 0.4) is 0 Å². The van der Waals surface area contributed by atoms with E-state index in [0.717, 1.165) is 0 Å². The number of nitrogens with two attached hydrogens (primary N) is 1. The first-order valence-corrected chi connectivity index (χ1v) is 5.43. The molecule has 9 heteroatoms. The molecule has 1 aromatic rings. The van der Waals surface area contributed by atoms with E-state index in [1.807, 2.05) is 0 Å². The number of carbonyl (C=O) groups is 2. The minimum Gasteiger partial charge on any atom is -0.480 e. The number of carboxylic acid groups (broad SMARTS) is 1. The summed E-state index contributed by atoms with van der Waals surface area (Å²) in [7, 11) is 0. The zero-order valence-corrected chi connectivity index (χ0v) is 10.9. The molecule has 6 N–H and O–H groups in total. The Morgan fingerprint density at radius 3 is 2.68 bits per heavy atom. The maximum absolute atomic E-state index is 11.5. The Bertz CT molecular complexity index is 398. The molecule has 2 unspecified atom stereocenters. The van der Waals surface area contributed by atoms with Crippen molar-refractivity contribution in [2.24, 2.45) is 5.73 Å². The number of nitrogens with zero attached hydrogens (tertiary/aromatic N) is 1. The molecule has 0 bridgehead atoms. The van der Waals surface area contributed by atoms with Crippen molar-refractivity contribution >= 4 is 24.3 Å². The van der Waals surface area contributed by atoms with Gasteiger partial charge in [-0.05, 0) is 13.0 Å². The van der Waals surface area contributed by atoms with Crippen LogP contribution in [0.2, 0.25) is 0 Å². The molecule has 19 heavy (non-hydrogen) atoms. The monoisotopic (exact) mass is 292 g/mol. The van der Waals surface area contributed by atoms with Gasteiger partial charge in [-0.1, -0.05) is 0 Å². The van der Waals surface area contributed by atoms with Gasteiger partial charge in [-0.3, -0.25) is 4.79 Å². The van der Waals surface area contributed by atoms with E-state index in [4.69, 9.17) is 10.8 Å². The van der Waals surface area contributed by atoms with E-state index in [9.17, 15) is 14.7 Å². The fraction of sp³-hybridized carbons (Fsp3) is 0.500. The number of H-pyrrole nitrogens is 1. The Kier molecular flexibility index (Phi) is 7.73. The molecule has 0 fully saturated rings. The summed E-state index contributed by atoms with van der Waals surface area (Å²) in [5.41, 5.74) is 5.78. The van der Waals surface area contributed by atoms with Crippen LogP contribution in [0.5, 0.6) is 0 Å². The number of amides is 1. The van der Waals surface area contributed by atoms with Gasteiger partial charge in [0.2, 0.25) is 5.91 Å². The topological polar surface area (TPSA) is 141 Å². The molecule has 0 saturated carbocycles. The fourth-order valence-corrected chi connectivity index (χ4v) is 1.37. The lowest BCUT2D eigenvalue weighted by Crippen LogP contribution is -2.47.